The first kappa shape index (κ1) is 16.0. The van der Waals surface area contributed by atoms with Gasteiger partial charge in [0.05, 0.1) is 0 Å². The number of fused-ring (bicyclic) bond motifs is 2. The fourth-order valence-corrected chi connectivity index (χ4v) is 4.81. The molecule has 0 aliphatic rings. The average Bonchev–Trinajstić information content (AvgIpc) is 2.64. The van der Waals surface area contributed by atoms with Gasteiger partial charge in [-0.15, -0.1) is 11.3 Å². The minimum atomic E-state index is 0.176. The van der Waals surface area contributed by atoms with Crippen molar-refractivity contribution in [3.05, 3.63) is 93.1 Å². The Balaban J connectivity index is 2.02. The molecule has 0 N–H and O–H groups in total. The van der Waals surface area contributed by atoms with Gasteiger partial charge in [0.15, 0.2) is 5.43 Å². The van der Waals surface area contributed by atoms with Gasteiger partial charge in [0, 0.05) is 20.2 Å². The fourth-order valence-electron chi connectivity index (χ4n) is 3.64. The molecule has 0 saturated heterocycles. The molecule has 0 fully saturated rings. The van der Waals surface area contributed by atoms with Crippen LogP contribution >= 0.6 is 11.3 Å². The van der Waals surface area contributed by atoms with E-state index in [0.29, 0.717) is 0 Å². The Hall–Kier alpha value is -2.45. The van der Waals surface area contributed by atoms with Gasteiger partial charge < -0.3 is 0 Å². The summed E-state index contributed by atoms with van der Waals surface area (Å²) in [4.78, 5) is 13.1. The van der Waals surface area contributed by atoms with Crippen molar-refractivity contribution in [2.75, 3.05) is 0 Å². The molecule has 1 heterocycles. The fraction of sp³-hybridized carbons (Fsp3) is 0.174. The van der Waals surface area contributed by atoms with Crippen LogP contribution in [0.1, 0.15) is 29.2 Å². The molecular weight excluding hydrogens is 324 g/mol. The Morgan fingerprint density at radius 2 is 1.64 bits per heavy atom. The predicted molar refractivity (Wildman–Crippen MR) is 109 cm³/mol. The monoisotopic (exact) mass is 344 g/mol. The maximum absolute atomic E-state index is 13.1. The minimum Gasteiger partial charge on any atom is -0.288 e. The molecular formula is C23H20OS. The van der Waals surface area contributed by atoms with Gasteiger partial charge >= 0.3 is 0 Å². The molecule has 2 heteroatoms. The first-order chi connectivity index (χ1) is 12.2. The highest BCUT2D eigenvalue weighted by Gasteiger charge is 2.14. The molecule has 0 unspecified atom stereocenters. The minimum absolute atomic E-state index is 0.176. The molecule has 0 aliphatic carbocycles. The van der Waals surface area contributed by atoms with Gasteiger partial charge in [-0.2, -0.15) is 0 Å². The summed E-state index contributed by atoms with van der Waals surface area (Å²) in [5, 5.41) is 1.76. The maximum Gasteiger partial charge on any atom is 0.196 e. The van der Waals surface area contributed by atoms with Crippen LogP contribution in [0, 0.1) is 6.92 Å². The molecule has 124 valence electrons. The van der Waals surface area contributed by atoms with Crippen LogP contribution in [0.3, 0.4) is 0 Å². The average molecular weight is 344 g/mol. The summed E-state index contributed by atoms with van der Waals surface area (Å²) in [7, 11) is 0. The Morgan fingerprint density at radius 3 is 2.40 bits per heavy atom. The van der Waals surface area contributed by atoms with Gasteiger partial charge in [-0.05, 0) is 60.2 Å². The number of benzene rings is 3. The number of hydrogen-bond acceptors (Lipinski definition) is 2. The van der Waals surface area contributed by atoms with Crippen LogP contribution in [0.25, 0.3) is 20.2 Å². The summed E-state index contributed by atoms with van der Waals surface area (Å²) < 4.78 is 2.17. The molecule has 0 saturated carbocycles. The second kappa shape index (κ2) is 6.45. The van der Waals surface area contributed by atoms with Crippen molar-refractivity contribution in [3.8, 4) is 0 Å². The molecule has 0 spiro atoms. The molecule has 1 nitrogen and oxygen atoms in total. The third-order valence-corrected chi connectivity index (χ3v) is 6.08. The smallest absolute Gasteiger partial charge is 0.196 e. The van der Waals surface area contributed by atoms with Crippen molar-refractivity contribution in [3.63, 3.8) is 0 Å². The van der Waals surface area contributed by atoms with Crippen LogP contribution in [0.4, 0.5) is 0 Å². The van der Waals surface area contributed by atoms with E-state index in [4.69, 9.17) is 0 Å². The van der Waals surface area contributed by atoms with E-state index >= 15 is 0 Å². The van der Waals surface area contributed by atoms with Crippen molar-refractivity contribution in [1.82, 2.24) is 0 Å². The van der Waals surface area contributed by atoms with Crippen LogP contribution < -0.4 is 5.43 Å². The second-order valence-electron chi connectivity index (χ2n) is 6.46. The summed E-state index contributed by atoms with van der Waals surface area (Å²) >= 11 is 1.73. The van der Waals surface area contributed by atoms with Crippen molar-refractivity contribution in [1.29, 1.82) is 0 Å². The van der Waals surface area contributed by atoms with Crippen LogP contribution in [0.2, 0.25) is 0 Å². The van der Waals surface area contributed by atoms with E-state index < -0.39 is 0 Å². The lowest BCUT2D eigenvalue weighted by Crippen LogP contribution is -2.07. The molecule has 0 radical (unpaired) electrons. The van der Waals surface area contributed by atoms with Crippen LogP contribution in [-0.4, -0.2) is 0 Å². The third-order valence-electron chi connectivity index (χ3n) is 4.96. The Morgan fingerprint density at radius 1 is 0.920 bits per heavy atom. The standard InChI is InChI=1S/C23H20OS/c1-3-18-15(2)17(13-16-9-5-4-6-10-16)14-21-22(18)23(24)19-11-7-8-12-20(19)25-21/h4-12,14H,3,13H2,1-2H3. The second-order valence-corrected chi connectivity index (χ2v) is 7.54. The molecule has 25 heavy (non-hydrogen) atoms. The number of rotatable bonds is 3. The first-order valence-electron chi connectivity index (χ1n) is 8.70. The lowest BCUT2D eigenvalue weighted by Gasteiger charge is -2.14. The normalized spacial score (nSPS) is 11.3. The summed E-state index contributed by atoms with van der Waals surface area (Å²) in [5.74, 6) is 0. The number of aryl methyl sites for hydroxylation is 1. The zero-order valence-electron chi connectivity index (χ0n) is 14.5. The van der Waals surface area contributed by atoms with Crippen LogP contribution in [0.5, 0.6) is 0 Å². The quantitative estimate of drug-likeness (QED) is 0.424. The topological polar surface area (TPSA) is 17.1 Å². The van der Waals surface area contributed by atoms with E-state index in [9.17, 15) is 4.79 Å². The van der Waals surface area contributed by atoms with Gasteiger partial charge in [-0.25, -0.2) is 0 Å². The summed E-state index contributed by atoms with van der Waals surface area (Å²) in [6, 6.07) is 20.7. The lowest BCUT2D eigenvalue weighted by atomic mass is 9.92. The van der Waals surface area contributed by atoms with Gasteiger partial charge in [0.2, 0.25) is 0 Å². The zero-order chi connectivity index (χ0) is 17.4. The van der Waals surface area contributed by atoms with Gasteiger partial charge in [-0.1, -0.05) is 49.4 Å². The Labute approximate surface area is 151 Å². The summed E-state index contributed by atoms with van der Waals surface area (Å²) in [5.41, 5.74) is 5.27. The molecule has 0 aliphatic heterocycles. The zero-order valence-corrected chi connectivity index (χ0v) is 15.3. The highest BCUT2D eigenvalue weighted by Crippen LogP contribution is 2.31. The van der Waals surface area contributed by atoms with Crippen LogP contribution in [0.15, 0.2) is 65.5 Å². The molecule has 1 aromatic heterocycles. The van der Waals surface area contributed by atoms with Crippen molar-refractivity contribution >= 4 is 31.5 Å². The van der Waals surface area contributed by atoms with E-state index in [1.165, 1.54) is 22.3 Å². The van der Waals surface area contributed by atoms with Crippen molar-refractivity contribution in [2.45, 2.75) is 26.7 Å². The van der Waals surface area contributed by atoms with Crippen molar-refractivity contribution < 1.29 is 0 Å². The van der Waals surface area contributed by atoms with E-state index in [-0.39, 0.29) is 5.43 Å². The predicted octanol–water partition coefficient (Wildman–Crippen LogP) is 5.88. The van der Waals surface area contributed by atoms with Crippen LogP contribution in [-0.2, 0) is 12.8 Å². The van der Waals surface area contributed by atoms with E-state index in [0.717, 1.165) is 33.0 Å². The Kier molecular flexibility index (Phi) is 4.14. The lowest BCUT2D eigenvalue weighted by molar-refractivity contribution is 1.08. The Bertz CT molecular complexity index is 1120. The summed E-state index contributed by atoms with van der Waals surface area (Å²) in [6.45, 7) is 4.31. The molecule has 4 aromatic rings. The first-order valence-corrected chi connectivity index (χ1v) is 9.51. The molecule has 0 atom stereocenters. The van der Waals surface area contributed by atoms with Crippen molar-refractivity contribution in [2.24, 2.45) is 0 Å². The van der Waals surface area contributed by atoms with Gasteiger partial charge in [-0.3, -0.25) is 4.79 Å². The SMILES string of the molecule is CCc1c(C)c(Cc2ccccc2)cc2sc3ccccc3c(=O)c12. The largest absolute Gasteiger partial charge is 0.288 e. The third kappa shape index (κ3) is 2.77. The highest BCUT2D eigenvalue weighted by atomic mass is 32.1. The highest BCUT2D eigenvalue weighted by molar-refractivity contribution is 7.24. The molecule has 3 aromatic carbocycles. The molecule has 0 bridgehead atoms. The molecule has 4 rings (SSSR count). The summed E-state index contributed by atoms with van der Waals surface area (Å²) in [6.07, 6.45) is 1.79. The van der Waals surface area contributed by atoms with Gasteiger partial charge in [0.25, 0.3) is 0 Å². The number of hydrogen-bond donors (Lipinski definition) is 0. The van der Waals surface area contributed by atoms with E-state index in [2.05, 4.69) is 44.2 Å². The van der Waals surface area contributed by atoms with Gasteiger partial charge in [0.1, 0.15) is 0 Å². The maximum atomic E-state index is 13.1. The molecule has 0 amide bonds. The van der Waals surface area contributed by atoms with E-state index in [1.54, 1.807) is 11.3 Å². The van der Waals surface area contributed by atoms with E-state index in [1.807, 2.05) is 30.3 Å².